The third kappa shape index (κ3) is 3.90. The fraction of sp³-hybridized carbons (Fsp3) is 0.450. The molecule has 0 unspecified atom stereocenters. The van der Waals surface area contributed by atoms with Gasteiger partial charge in [0.05, 0.1) is 24.1 Å². The zero-order valence-electron chi connectivity index (χ0n) is 17.3. The molecule has 0 spiro atoms. The van der Waals surface area contributed by atoms with Crippen molar-refractivity contribution in [3.05, 3.63) is 30.9 Å². The van der Waals surface area contributed by atoms with Crippen LogP contribution < -0.4 is 9.96 Å². The highest BCUT2D eigenvalue weighted by Gasteiger charge is 2.23. The number of pyridine rings is 1. The molecular weight excluding hydrogens is 386 g/mol. The van der Waals surface area contributed by atoms with Crippen LogP contribution in [0.5, 0.6) is 0 Å². The number of fused-ring (bicyclic) bond motifs is 1. The van der Waals surface area contributed by atoms with Gasteiger partial charge in [0.25, 0.3) is 0 Å². The Hall–Kier alpha value is -3.27. The van der Waals surface area contributed by atoms with E-state index in [0.29, 0.717) is 24.1 Å². The SMILES string of the molecule is COC1CCN(c2nccc(N(OC=O)c3cc4c(cn3)ncn4C(C)C)n2)CC1. The first kappa shape index (κ1) is 20.0. The molecule has 4 heterocycles. The number of aromatic nitrogens is 5. The van der Waals surface area contributed by atoms with E-state index in [1.807, 2.05) is 10.6 Å². The number of ether oxygens (including phenoxy) is 1. The number of methoxy groups -OCH3 is 1. The lowest BCUT2D eigenvalue weighted by Gasteiger charge is -2.31. The summed E-state index contributed by atoms with van der Waals surface area (Å²) in [4.78, 5) is 36.4. The van der Waals surface area contributed by atoms with Crippen LogP contribution in [0.1, 0.15) is 32.7 Å². The van der Waals surface area contributed by atoms with Crippen LogP contribution in [0.4, 0.5) is 17.6 Å². The average Bonchev–Trinajstić information content (AvgIpc) is 3.21. The number of piperidine rings is 1. The Balaban J connectivity index is 1.66. The summed E-state index contributed by atoms with van der Waals surface area (Å²) in [5.41, 5.74) is 1.66. The van der Waals surface area contributed by atoms with Crippen LogP contribution in [-0.2, 0) is 14.4 Å². The van der Waals surface area contributed by atoms with E-state index in [0.717, 1.165) is 37.0 Å². The molecule has 158 valence electrons. The summed E-state index contributed by atoms with van der Waals surface area (Å²) in [5, 5.41) is 1.30. The standard InChI is InChI=1S/C20H25N7O3/c1-14(2)26-12-23-16-11-22-19(10-17(16)26)27(30-13-28)18-4-7-21-20(24-18)25-8-5-15(29-3)6-9-25/h4,7,10-15H,5-6,8-9H2,1-3H3. The number of carbonyl (C=O) groups is 1. The van der Waals surface area contributed by atoms with Crippen molar-refractivity contribution < 1.29 is 14.4 Å². The fourth-order valence-electron chi connectivity index (χ4n) is 3.61. The smallest absolute Gasteiger partial charge is 0.321 e. The molecule has 10 nitrogen and oxygen atoms in total. The zero-order valence-corrected chi connectivity index (χ0v) is 17.3. The quantitative estimate of drug-likeness (QED) is 0.429. The molecule has 0 aliphatic carbocycles. The minimum absolute atomic E-state index is 0.228. The summed E-state index contributed by atoms with van der Waals surface area (Å²) in [6, 6.07) is 3.74. The van der Waals surface area contributed by atoms with E-state index in [2.05, 4.69) is 38.7 Å². The van der Waals surface area contributed by atoms with Crippen molar-refractivity contribution in [3.63, 3.8) is 0 Å². The summed E-state index contributed by atoms with van der Waals surface area (Å²) in [5.74, 6) is 1.43. The molecule has 10 heteroatoms. The second-order valence-corrected chi connectivity index (χ2v) is 7.41. The minimum atomic E-state index is 0.228. The van der Waals surface area contributed by atoms with Gasteiger partial charge >= 0.3 is 6.47 Å². The van der Waals surface area contributed by atoms with Crippen LogP contribution in [0.2, 0.25) is 0 Å². The number of imidazole rings is 1. The maximum absolute atomic E-state index is 11.2. The van der Waals surface area contributed by atoms with E-state index in [1.165, 1.54) is 5.06 Å². The first-order valence-electron chi connectivity index (χ1n) is 9.94. The lowest BCUT2D eigenvalue weighted by atomic mass is 10.1. The Morgan fingerprint density at radius 1 is 1.20 bits per heavy atom. The number of hydrogen-bond donors (Lipinski definition) is 0. The van der Waals surface area contributed by atoms with Gasteiger partial charge in [-0.05, 0) is 26.7 Å². The van der Waals surface area contributed by atoms with Gasteiger partial charge in [-0.15, -0.1) is 5.06 Å². The van der Waals surface area contributed by atoms with Crippen molar-refractivity contribution in [1.29, 1.82) is 0 Å². The van der Waals surface area contributed by atoms with Gasteiger partial charge in [-0.3, -0.25) is 4.79 Å². The van der Waals surface area contributed by atoms with Gasteiger partial charge in [0, 0.05) is 44.6 Å². The Labute approximate surface area is 174 Å². The summed E-state index contributed by atoms with van der Waals surface area (Å²) >= 11 is 0. The van der Waals surface area contributed by atoms with Crippen LogP contribution in [-0.4, -0.2) is 57.3 Å². The van der Waals surface area contributed by atoms with Crippen molar-refractivity contribution in [2.24, 2.45) is 0 Å². The molecule has 1 aliphatic rings. The molecule has 30 heavy (non-hydrogen) atoms. The highest BCUT2D eigenvalue weighted by Crippen LogP contribution is 2.27. The van der Waals surface area contributed by atoms with E-state index in [-0.39, 0.29) is 12.1 Å². The Morgan fingerprint density at radius 3 is 2.70 bits per heavy atom. The van der Waals surface area contributed by atoms with Crippen LogP contribution in [0.3, 0.4) is 0 Å². The van der Waals surface area contributed by atoms with Crippen LogP contribution in [0.25, 0.3) is 11.0 Å². The number of anilines is 3. The molecule has 3 aromatic rings. The fourth-order valence-corrected chi connectivity index (χ4v) is 3.61. The van der Waals surface area contributed by atoms with Gasteiger partial charge in [-0.25, -0.2) is 15.0 Å². The third-order valence-electron chi connectivity index (χ3n) is 5.25. The molecule has 1 fully saturated rings. The minimum Gasteiger partial charge on any atom is -0.381 e. The molecule has 1 saturated heterocycles. The summed E-state index contributed by atoms with van der Waals surface area (Å²) in [6.07, 6.45) is 7.17. The number of carbonyl (C=O) groups excluding carboxylic acids is 1. The molecule has 0 atom stereocenters. The third-order valence-corrected chi connectivity index (χ3v) is 5.25. The normalized spacial score (nSPS) is 15.0. The van der Waals surface area contributed by atoms with E-state index >= 15 is 0 Å². The molecule has 3 aromatic heterocycles. The Morgan fingerprint density at radius 2 is 2.00 bits per heavy atom. The van der Waals surface area contributed by atoms with Crippen molar-refractivity contribution in [2.75, 3.05) is 30.2 Å². The number of rotatable bonds is 7. The summed E-state index contributed by atoms with van der Waals surface area (Å²) < 4.78 is 7.46. The lowest BCUT2D eigenvalue weighted by Crippen LogP contribution is -2.37. The largest absolute Gasteiger partial charge is 0.381 e. The predicted octanol–water partition coefficient (Wildman–Crippen LogP) is 2.64. The second-order valence-electron chi connectivity index (χ2n) is 7.41. The van der Waals surface area contributed by atoms with Crippen molar-refractivity contribution >= 4 is 35.1 Å². The van der Waals surface area contributed by atoms with Gasteiger partial charge in [-0.1, -0.05) is 0 Å². The molecule has 4 rings (SSSR count). The van der Waals surface area contributed by atoms with E-state index < -0.39 is 0 Å². The molecular formula is C20H25N7O3. The molecule has 0 amide bonds. The van der Waals surface area contributed by atoms with Crippen LogP contribution >= 0.6 is 0 Å². The molecule has 1 aliphatic heterocycles. The maximum Gasteiger partial charge on any atom is 0.321 e. The number of hydrogen-bond acceptors (Lipinski definition) is 9. The first-order valence-corrected chi connectivity index (χ1v) is 9.94. The molecule has 0 bridgehead atoms. The topological polar surface area (TPSA) is 98.5 Å². The molecule has 0 saturated carbocycles. The van der Waals surface area contributed by atoms with Crippen molar-refractivity contribution in [2.45, 2.75) is 38.8 Å². The van der Waals surface area contributed by atoms with Crippen molar-refractivity contribution in [1.82, 2.24) is 24.5 Å². The van der Waals surface area contributed by atoms with Gasteiger partial charge in [0.15, 0.2) is 11.6 Å². The van der Waals surface area contributed by atoms with Gasteiger partial charge < -0.3 is 19.0 Å². The zero-order chi connectivity index (χ0) is 21.1. The molecule has 0 aromatic carbocycles. The lowest BCUT2D eigenvalue weighted by molar-refractivity contribution is -0.128. The van der Waals surface area contributed by atoms with E-state index in [1.54, 1.807) is 31.9 Å². The first-order chi connectivity index (χ1) is 14.6. The van der Waals surface area contributed by atoms with Crippen molar-refractivity contribution in [3.8, 4) is 0 Å². The van der Waals surface area contributed by atoms with Gasteiger partial charge in [0.1, 0.15) is 5.52 Å². The highest BCUT2D eigenvalue weighted by atomic mass is 16.7. The van der Waals surface area contributed by atoms with Gasteiger partial charge in [0.2, 0.25) is 5.95 Å². The highest BCUT2D eigenvalue weighted by molar-refractivity contribution is 5.78. The summed E-state index contributed by atoms with van der Waals surface area (Å²) in [7, 11) is 1.74. The Kier molecular flexibility index (Phi) is 5.75. The maximum atomic E-state index is 11.2. The van der Waals surface area contributed by atoms with E-state index in [9.17, 15) is 4.79 Å². The summed E-state index contributed by atoms with van der Waals surface area (Å²) in [6.45, 7) is 6.11. The second kappa shape index (κ2) is 8.62. The number of nitrogens with zero attached hydrogens (tertiary/aromatic N) is 7. The van der Waals surface area contributed by atoms with E-state index in [4.69, 9.17) is 9.57 Å². The monoisotopic (exact) mass is 411 g/mol. The molecule has 0 N–H and O–H groups in total. The predicted molar refractivity (Wildman–Crippen MR) is 111 cm³/mol. The Bertz CT molecular complexity index is 1010. The average molecular weight is 411 g/mol. The van der Waals surface area contributed by atoms with Crippen LogP contribution in [0, 0.1) is 0 Å². The molecule has 0 radical (unpaired) electrons. The van der Waals surface area contributed by atoms with Crippen LogP contribution in [0.15, 0.2) is 30.9 Å². The van der Waals surface area contributed by atoms with Gasteiger partial charge in [-0.2, -0.15) is 4.98 Å².